The van der Waals surface area contributed by atoms with Gasteiger partial charge in [0, 0.05) is 31.6 Å². The third-order valence-electron chi connectivity index (χ3n) is 4.85. The molecule has 0 saturated carbocycles. The third kappa shape index (κ3) is 6.89. The normalized spacial score (nSPS) is 16.7. The van der Waals surface area contributed by atoms with Gasteiger partial charge in [-0.25, -0.2) is 0 Å². The highest BCUT2D eigenvalue weighted by molar-refractivity contribution is 5.82. The van der Waals surface area contributed by atoms with Gasteiger partial charge in [-0.1, -0.05) is 48.5 Å². The summed E-state index contributed by atoms with van der Waals surface area (Å²) in [5.74, 6) is -2.51. The van der Waals surface area contributed by atoms with E-state index in [9.17, 15) is 19.2 Å². The highest BCUT2D eigenvalue weighted by Gasteiger charge is 2.40. The maximum Gasteiger partial charge on any atom is 0.305 e. The molecule has 0 radical (unpaired) electrons. The van der Waals surface area contributed by atoms with E-state index >= 15 is 0 Å². The monoisotopic (exact) mass is 370 g/mol. The number of ketones is 2. The first kappa shape index (κ1) is 24.3. The Hall–Kier alpha value is -1.72. The molecular weight excluding hydrogens is 336 g/mol. The van der Waals surface area contributed by atoms with Crippen LogP contribution in [0.15, 0.2) is 0 Å². The average Bonchev–Trinajstić information content (AvgIpc) is 2.66. The van der Waals surface area contributed by atoms with Gasteiger partial charge in [-0.2, -0.15) is 0 Å². The molecule has 0 bridgehead atoms. The molecule has 26 heavy (non-hydrogen) atoms. The van der Waals surface area contributed by atoms with E-state index in [1.807, 2.05) is 0 Å². The lowest BCUT2D eigenvalue weighted by atomic mass is 9.80. The fraction of sp³-hybridized carbons (Fsp3) is 0.800. The van der Waals surface area contributed by atoms with Gasteiger partial charge in [0.1, 0.15) is 23.8 Å². The van der Waals surface area contributed by atoms with Crippen LogP contribution in [0.5, 0.6) is 0 Å². The van der Waals surface area contributed by atoms with Crippen molar-refractivity contribution in [3.05, 3.63) is 0 Å². The maximum absolute atomic E-state index is 12.2. The lowest BCUT2D eigenvalue weighted by molar-refractivity contribution is -0.169. The molecule has 0 fully saturated rings. The Morgan fingerprint density at radius 2 is 0.923 bits per heavy atom. The molecule has 150 valence electrons. The van der Waals surface area contributed by atoms with Crippen molar-refractivity contribution < 1.29 is 28.7 Å². The largest absolute Gasteiger partial charge is 0.461 e. The van der Waals surface area contributed by atoms with E-state index in [4.69, 9.17) is 9.47 Å². The maximum atomic E-state index is 12.2. The van der Waals surface area contributed by atoms with Gasteiger partial charge in [0.05, 0.1) is 11.8 Å². The number of ether oxygens (including phenoxy) is 2. The molecule has 0 amide bonds. The van der Waals surface area contributed by atoms with E-state index in [0.717, 1.165) is 0 Å². The summed E-state index contributed by atoms with van der Waals surface area (Å²) in [6, 6.07) is 0. The second-order valence-electron chi connectivity index (χ2n) is 6.69. The summed E-state index contributed by atoms with van der Waals surface area (Å²) in [4.78, 5) is 48.2. The van der Waals surface area contributed by atoms with Crippen molar-refractivity contribution in [3.63, 3.8) is 0 Å². The molecule has 0 aliphatic carbocycles. The van der Waals surface area contributed by atoms with Crippen molar-refractivity contribution >= 4 is 23.5 Å². The molecule has 0 aromatic rings. The molecule has 0 rings (SSSR count). The van der Waals surface area contributed by atoms with Crippen molar-refractivity contribution in [2.24, 2.45) is 17.8 Å². The second kappa shape index (κ2) is 11.8. The van der Waals surface area contributed by atoms with E-state index in [1.54, 1.807) is 48.5 Å². The minimum Gasteiger partial charge on any atom is -0.461 e. The summed E-state index contributed by atoms with van der Waals surface area (Å²) in [5, 5.41) is 0. The van der Waals surface area contributed by atoms with Crippen molar-refractivity contribution in [3.8, 4) is 0 Å². The number of esters is 2. The molecule has 0 aromatic heterocycles. The summed E-state index contributed by atoms with van der Waals surface area (Å²) < 4.78 is 11.1. The van der Waals surface area contributed by atoms with E-state index in [0.29, 0.717) is 12.8 Å². The summed E-state index contributed by atoms with van der Waals surface area (Å²) in [6.07, 6.45) is -0.514. The zero-order valence-electron chi connectivity index (χ0n) is 17.2. The van der Waals surface area contributed by atoms with Gasteiger partial charge in [-0.05, 0) is 0 Å². The number of carbonyl (C=O) groups excluding carboxylic acids is 4. The zero-order chi connectivity index (χ0) is 20.4. The van der Waals surface area contributed by atoms with Gasteiger partial charge >= 0.3 is 11.9 Å². The Morgan fingerprint density at radius 1 is 0.615 bits per heavy atom. The SMILES string of the molecule is CCC(=O)O[C@H](C(C)[C@H](OC(=O)CC)[C@H](C)C(=O)CC)[C@H](C)C(=O)CC. The van der Waals surface area contributed by atoms with Gasteiger partial charge in [-0.15, -0.1) is 0 Å². The van der Waals surface area contributed by atoms with Crippen molar-refractivity contribution in [2.75, 3.05) is 0 Å². The molecule has 0 aliphatic rings. The van der Waals surface area contributed by atoms with Crippen LogP contribution in [0.4, 0.5) is 0 Å². The lowest BCUT2D eigenvalue weighted by Crippen LogP contribution is -2.46. The molecule has 1 unspecified atom stereocenters. The number of hydrogen-bond acceptors (Lipinski definition) is 6. The number of rotatable bonds is 12. The predicted molar refractivity (Wildman–Crippen MR) is 98.4 cm³/mol. The molecule has 6 nitrogen and oxygen atoms in total. The van der Waals surface area contributed by atoms with Gasteiger partial charge in [0.2, 0.25) is 0 Å². The van der Waals surface area contributed by atoms with Crippen LogP contribution in [-0.2, 0) is 28.7 Å². The molecule has 0 saturated heterocycles. The fourth-order valence-electron chi connectivity index (χ4n) is 3.00. The highest BCUT2D eigenvalue weighted by Crippen LogP contribution is 2.29. The van der Waals surface area contributed by atoms with Crippen LogP contribution in [0, 0.1) is 17.8 Å². The first-order valence-corrected chi connectivity index (χ1v) is 9.58. The van der Waals surface area contributed by atoms with Crippen LogP contribution in [-0.4, -0.2) is 35.7 Å². The topological polar surface area (TPSA) is 86.7 Å². The first-order valence-electron chi connectivity index (χ1n) is 9.58. The van der Waals surface area contributed by atoms with Crippen molar-refractivity contribution in [2.45, 2.75) is 86.4 Å². The number of Topliss-reactive ketones (excluding diaryl/α,β-unsaturated/α-hetero) is 2. The molecule has 0 spiro atoms. The smallest absolute Gasteiger partial charge is 0.305 e. The van der Waals surface area contributed by atoms with Crippen LogP contribution in [0.3, 0.4) is 0 Å². The summed E-state index contributed by atoms with van der Waals surface area (Å²) >= 11 is 0. The highest BCUT2D eigenvalue weighted by atomic mass is 16.6. The molecule has 6 heteroatoms. The summed E-state index contributed by atoms with van der Waals surface area (Å²) in [7, 11) is 0. The van der Waals surface area contributed by atoms with E-state index < -0.39 is 41.9 Å². The molecule has 5 atom stereocenters. The fourth-order valence-corrected chi connectivity index (χ4v) is 3.00. The number of hydrogen-bond donors (Lipinski definition) is 0. The van der Waals surface area contributed by atoms with Gasteiger partial charge in [-0.3, -0.25) is 19.2 Å². The van der Waals surface area contributed by atoms with E-state index in [2.05, 4.69) is 0 Å². The molecular formula is C20H34O6. The van der Waals surface area contributed by atoms with Crippen LogP contribution in [0.2, 0.25) is 0 Å². The van der Waals surface area contributed by atoms with Crippen LogP contribution >= 0.6 is 0 Å². The Balaban J connectivity index is 5.78. The van der Waals surface area contributed by atoms with Crippen molar-refractivity contribution in [1.29, 1.82) is 0 Å². The van der Waals surface area contributed by atoms with Crippen molar-refractivity contribution in [1.82, 2.24) is 0 Å². The predicted octanol–water partition coefficient (Wildman–Crippen LogP) is 3.50. The first-order chi connectivity index (χ1) is 12.1. The van der Waals surface area contributed by atoms with Gasteiger partial charge in [0.15, 0.2) is 0 Å². The lowest BCUT2D eigenvalue weighted by Gasteiger charge is -2.35. The molecule has 0 aromatic carbocycles. The summed E-state index contributed by atoms with van der Waals surface area (Å²) in [6.45, 7) is 12.0. The quantitative estimate of drug-likeness (QED) is 0.489. The standard InChI is InChI=1S/C20H34O6/c1-8-15(21)12(5)19(25-17(23)10-3)14(7)20(26-18(24)11-4)13(6)16(22)9-2/h12-14,19-20H,8-11H2,1-7H3/t12-,13-,14?,19-,20+/m1/s1. The summed E-state index contributed by atoms with van der Waals surface area (Å²) in [5.41, 5.74) is 0. The Kier molecular flexibility index (Phi) is 11.0. The zero-order valence-corrected chi connectivity index (χ0v) is 17.2. The van der Waals surface area contributed by atoms with Crippen LogP contribution in [0.25, 0.3) is 0 Å². The molecule has 0 aliphatic heterocycles. The van der Waals surface area contributed by atoms with Gasteiger partial charge < -0.3 is 9.47 Å². The second-order valence-corrected chi connectivity index (χ2v) is 6.69. The van der Waals surface area contributed by atoms with E-state index in [-0.39, 0.29) is 24.4 Å². The average molecular weight is 370 g/mol. The van der Waals surface area contributed by atoms with E-state index in [1.165, 1.54) is 0 Å². The minimum absolute atomic E-state index is 0.0409. The number of carbonyl (C=O) groups is 4. The van der Waals surface area contributed by atoms with Crippen LogP contribution < -0.4 is 0 Å². The third-order valence-corrected chi connectivity index (χ3v) is 4.85. The minimum atomic E-state index is -0.753. The Labute approximate surface area is 157 Å². The van der Waals surface area contributed by atoms with Gasteiger partial charge in [0.25, 0.3) is 0 Å². The van der Waals surface area contributed by atoms with Crippen LogP contribution in [0.1, 0.15) is 74.1 Å². The Bertz CT molecular complexity index is 455. The molecule has 0 heterocycles. The molecule has 0 N–H and O–H groups in total. The Morgan fingerprint density at radius 3 is 1.15 bits per heavy atom.